The molecule has 1 fully saturated rings. The zero-order valence-corrected chi connectivity index (χ0v) is 14.4. The van der Waals surface area contributed by atoms with Crippen LogP contribution in [0.25, 0.3) is 0 Å². The molecule has 0 aliphatic carbocycles. The fourth-order valence-electron chi connectivity index (χ4n) is 3.29. The van der Waals surface area contributed by atoms with Crippen molar-refractivity contribution >= 4 is 11.6 Å². The third-order valence-electron chi connectivity index (χ3n) is 4.50. The van der Waals surface area contributed by atoms with E-state index in [2.05, 4.69) is 48.3 Å². The molecule has 0 spiro atoms. The van der Waals surface area contributed by atoms with Gasteiger partial charge in [-0.25, -0.2) is 0 Å². The van der Waals surface area contributed by atoms with Crippen LogP contribution in [0.2, 0.25) is 5.02 Å². The number of likely N-dealkylation sites (tertiary alicyclic amines) is 1. The number of nitrogens with zero attached hydrogens (tertiary/aromatic N) is 1. The Morgan fingerprint density at radius 3 is 2.48 bits per heavy atom. The maximum Gasteiger partial charge on any atom is 0.108 e. The molecule has 2 aromatic rings. The van der Waals surface area contributed by atoms with Crippen LogP contribution in [0, 0.1) is 5.92 Å². The normalized spacial score (nSPS) is 20.3. The third kappa shape index (κ3) is 4.57. The molecule has 2 nitrogen and oxygen atoms in total. The summed E-state index contributed by atoms with van der Waals surface area (Å²) < 4.78 is 6.37. The van der Waals surface area contributed by atoms with Crippen LogP contribution in [0.3, 0.4) is 0 Å². The second-order valence-electron chi connectivity index (χ2n) is 6.45. The first kappa shape index (κ1) is 16.5. The predicted octanol–water partition coefficient (Wildman–Crippen LogP) is 4.79. The minimum absolute atomic E-state index is 0.0271. The number of rotatable bonds is 5. The van der Waals surface area contributed by atoms with Crippen LogP contribution >= 0.6 is 11.6 Å². The summed E-state index contributed by atoms with van der Waals surface area (Å²) in [6, 6.07) is 18.4. The molecule has 0 radical (unpaired) electrons. The number of hydrogen-bond donors (Lipinski definition) is 0. The zero-order valence-electron chi connectivity index (χ0n) is 13.6. The Hall–Kier alpha value is -1.35. The highest BCUT2D eigenvalue weighted by molar-refractivity contribution is 6.30. The van der Waals surface area contributed by atoms with Crippen molar-refractivity contribution in [2.24, 2.45) is 5.92 Å². The number of halogens is 1. The Morgan fingerprint density at radius 2 is 1.78 bits per heavy atom. The highest BCUT2D eigenvalue weighted by atomic mass is 35.5. The lowest BCUT2D eigenvalue weighted by Gasteiger charge is -2.31. The van der Waals surface area contributed by atoms with Gasteiger partial charge in [0.2, 0.25) is 0 Å². The van der Waals surface area contributed by atoms with Crippen LogP contribution in [-0.4, -0.2) is 31.6 Å². The van der Waals surface area contributed by atoms with Crippen LogP contribution in [0.1, 0.15) is 30.1 Å². The second-order valence-corrected chi connectivity index (χ2v) is 6.88. The number of benzene rings is 2. The highest BCUT2D eigenvalue weighted by Gasteiger charge is 2.21. The van der Waals surface area contributed by atoms with E-state index in [4.69, 9.17) is 16.3 Å². The van der Waals surface area contributed by atoms with Gasteiger partial charge >= 0.3 is 0 Å². The molecular weight excluding hydrogens is 306 g/mol. The SMILES string of the molecule is CN1CCCC(COC(c2ccccc2)c2ccc(Cl)cc2)C1. The van der Waals surface area contributed by atoms with Crippen molar-refractivity contribution in [3.8, 4) is 0 Å². The van der Waals surface area contributed by atoms with Gasteiger partial charge in [-0.3, -0.25) is 0 Å². The summed E-state index contributed by atoms with van der Waals surface area (Å²) in [6.07, 6.45) is 2.49. The van der Waals surface area contributed by atoms with E-state index in [9.17, 15) is 0 Å². The van der Waals surface area contributed by atoms with Gasteiger partial charge in [0.1, 0.15) is 6.10 Å². The second kappa shape index (κ2) is 7.96. The molecule has 1 aliphatic rings. The van der Waals surface area contributed by atoms with E-state index in [-0.39, 0.29) is 6.10 Å². The van der Waals surface area contributed by atoms with E-state index in [0.29, 0.717) is 5.92 Å². The van der Waals surface area contributed by atoms with Crippen molar-refractivity contribution < 1.29 is 4.74 Å². The summed E-state index contributed by atoms with van der Waals surface area (Å²) in [5, 5.41) is 0.759. The molecule has 2 aromatic carbocycles. The van der Waals surface area contributed by atoms with Crippen molar-refractivity contribution in [2.45, 2.75) is 18.9 Å². The molecule has 0 aromatic heterocycles. The van der Waals surface area contributed by atoms with E-state index in [1.165, 1.54) is 24.9 Å². The fraction of sp³-hybridized carbons (Fsp3) is 0.400. The molecule has 0 saturated carbocycles. The first-order valence-electron chi connectivity index (χ1n) is 8.33. The lowest BCUT2D eigenvalue weighted by atomic mass is 9.98. The topological polar surface area (TPSA) is 12.5 Å². The molecule has 3 heteroatoms. The van der Waals surface area contributed by atoms with Gasteiger partial charge in [0.25, 0.3) is 0 Å². The lowest BCUT2D eigenvalue weighted by molar-refractivity contribution is 0.0307. The fourth-order valence-corrected chi connectivity index (χ4v) is 3.42. The summed E-state index contributed by atoms with van der Waals surface area (Å²) in [5.41, 5.74) is 2.35. The first-order valence-corrected chi connectivity index (χ1v) is 8.71. The van der Waals surface area contributed by atoms with Crippen LogP contribution in [-0.2, 0) is 4.74 Å². The van der Waals surface area contributed by atoms with Crippen molar-refractivity contribution in [1.82, 2.24) is 4.90 Å². The lowest BCUT2D eigenvalue weighted by Crippen LogP contribution is -2.34. The molecule has 3 rings (SSSR count). The smallest absolute Gasteiger partial charge is 0.108 e. The molecule has 122 valence electrons. The van der Waals surface area contributed by atoms with Crippen LogP contribution in [0.15, 0.2) is 54.6 Å². The average molecular weight is 330 g/mol. The molecule has 1 saturated heterocycles. The van der Waals surface area contributed by atoms with Gasteiger partial charge in [-0.15, -0.1) is 0 Å². The number of hydrogen-bond acceptors (Lipinski definition) is 2. The molecule has 0 amide bonds. The zero-order chi connectivity index (χ0) is 16.1. The summed E-state index contributed by atoms with van der Waals surface area (Å²) in [6.45, 7) is 3.13. The Bertz CT molecular complexity index is 599. The van der Waals surface area contributed by atoms with Crippen molar-refractivity contribution in [3.63, 3.8) is 0 Å². The molecular formula is C20H24ClNO. The van der Waals surface area contributed by atoms with Gasteiger partial charge in [0.15, 0.2) is 0 Å². The van der Waals surface area contributed by atoms with Crippen molar-refractivity contribution in [2.75, 3.05) is 26.7 Å². The Labute approximate surface area is 144 Å². The van der Waals surface area contributed by atoms with E-state index in [1.807, 2.05) is 18.2 Å². The highest BCUT2D eigenvalue weighted by Crippen LogP contribution is 2.28. The monoisotopic (exact) mass is 329 g/mol. The van der Waals surface area contributed by atoms with Gasteiger partial charge in [0, 0.05) is 11.6 Å². The van der Waals surface area contributed by atoms with Crippen molar-refractivity contribution in [3.05, 3.63) is 70.7 Å². The molecule has 0 bridgehead atoms. The number of piperidine rings is 1. The maximum absolute atomic E-state index is 6.37. The first-order chi connectivity index (χ1) is 11.2. The van der Waals surface area contributed by atoms with E-state index in [1.54, 1.807) is 0 Å². The Kier molecular flexibility index (Phi) is 5.71. The van der Waals surface area contributed by atoms with Gasteiger partial charge < -0.3 is 9.64 Å². The molecule has 23 heavy (non-hydrogen) atoms. The van der Waals surface area contributed by atoms with Gasteiger partial charge in [-0.2, -0.15) is 0 Å². The molecule has 1 heterocycles. The Balaban J connectivity index is 1.74. The van der Waals surface area contributed by atoms with E-state index >= 15 is 0 Å². The summed E-state index contributed by atoms with van der Waals surface area (Å²) in [4.78, 5) is 2.40. The standard InChI is InChI=1S/C20H24ClNO/c1-22-13-5-6-16(14-22)15-23-20(17-7-3-2-4-8-17)18-9-11-19(21)12-10-18/h2-4,7-12,16,20H,5-6,13-15H2,1H3. The Morgan fingerprint density at radius 1 is 1.09 bits per heavy atom. The summed E-state index contributed by atoms with van der Waals surface area (Å²) in [7, 11) is 2.19. The molecule has 2 atom stereocenters. The van der Waals surface area contributed by atoms with Gasteiger partial charge in [-0.05, 0) is 55.6 Å². The van der Waals surface area contributed by atoms with Crippen LogP contribution in [0.4, 0.5) is 0 Å². The van der Waals surface area contributed by atoms with E-state index < -0.39 is 0 Å². The predicted molar refractivity (Wildman–Crippen MR) is 95.9 cm³/mol. The largest absolute Gasteiger partial charge is 0.368 e. The summed E-state index contributed by atoms with van der Waals surface area (Å²) in [5.74, 6) is 0.618. The quantitative estimate of drug-likeness (QED) is 0.782. The maximum atomic E-state index is 6.37. The average Bonchev–Trinajstić information content (AvgIpc) is 2.58. The van der Waals surface area contributed by atoms with Crippen molar-refractivity contribution in [1.29, 1.82) is 0 Å². The minimum Gasteiger partial charge on any atom is -0.368 e. The van der Waals surface area contributed by atoms with Crippen LogP contribution < -0.4 is 0 Å². The minimum atomic E-state index is -0.0271. The molecule has 2 unspecified atom stereocenters. The molecule has 0 N–H and O–H groups in total. The summed E-state index contributed by atoms with van der Waals surface area (Å²) >= 11 is 6.03. The molecule has 1 aliphatic heterocycles. The number of ether oxygens (including phenoxy) is 1. The third-order valence-corrected chi connectivity index (χ3v) is 4.75. The van der Waals surface area contributed by atoms with E-state index in [0.717, 1.165) is 23.7 Å². The van der Waals surface area contributed by atoms with Gasteiger partial charge in [-0.1, -0.05) is 54.1 Å². The van der Waals surface area contributed by atoms with Crippen LogP contribution in [0.5, 0.6) is 0 Å². The van der Waals surface area contributed by atoms with Gasteiger partial charge in [0.05, 0.1) is 6.61 Å².